The van der Waals surface area contributed by atoms with Crippen molar-refractivity contribution in [3.63, 3.8) is 0 Å². The highest BCUT2D eigenvalue weighted by atomic mass is 19.1. The van der Waals surface area contributed by atoms with E-state index < -0.39 is 0 Å². The van der Waals surface area contributed by atoms with Gasteiger partial charge in [0.05, 0.1) is 0 Å². The van der Waals surface area contributed by atoms with Crippen molar-refractivity contribution in [1.82, 2.24) is 14.9 Å². The van der Waals surface area contributed by atoms with Gasteiger partial charge < -0.3 is 14.6 Å². The third-order valence-corrected chi connectivity index (χ3v) is 3.23. The van der Waals surface area contributed by atoms with Crippen LogP contribution in [0.3, 0.4) is 0 Å². The third kappa shape index (κ3) is 3.36. The highest BCUT2D eigenvalue weighted by Crippen LogP contribution is 2.26. The molecule has 0 radical (unpaired) electrons. The monoisotopic (exact) mass is 277 g/mol. The first-order valence-electron chi connectivity index (χ1n) is 6.73. The minimum atomic E-state index is -0.255. The lowest BCUT2D eigenvalue weighted by Gasteiger charge is -2.17. The van der Waals surface area contributed by atoms with Crippen molar-refractivity contribution in [3.05, 3.63) is 47.8 Å². The van der Waals surface area contributed by atoms with Crippen LogP contribution in [0.5, 0.6) is 5.75 Å². The number of halogens is 1. The van der Waals surface area contributed by atoms with Gasteiger partial charge in [0.2, 0.25) is 0 Å². The van der Waals surface area contributed by atoms with E-state index >= 15 is 0 Å². The number of benzene rings is 1. The van der Waals surface area contributed by atoms with Crippen molar-refractivity contribution in [2.24, 2.45) is 7.05 Å². The van der Waals surface area contributed by atoms with Crippen LogP contribution in [0.4, 0.5) is 4.39 Å². The Morgan fingerprint density at radius 3 is 2.90 bits per heavy atom. The number of hydrogen-bond donors (Lipinski definition) is 1. The summed E-state index contributed by atoms with van der Waals surface area (Å²) in [6, 6.07) is 4.63. The molecule has 0 amide bonds. The summed E-state index contributed by atoms with van der Waals surface area (Å²) in [5.74, 6) is 1.26. The molecular formula is C15H20FN3O. The van der Waals surface area contributed by atoms with Gasteiger partial charge in [-0.1, -0.05) is 6.92 Å². The Labute approximate surface area is 118 Å². The van der Waals surface area contributed by atoms with E-state index in [4.69, 9.17) is 4.74 Å². The molecule has 0 aliphatic heterocycles. The van der Waals surface area contributed by atoms with Crippen LogP contribution in [0.1, 0.15) is 31.3 Å². The van der Waals surface area contributed by atoms with Gasteiger partial charge >= 0.3 is 0 Å². The fourth-order valence-corrected chi connectivity index (χ4v) is 2.08. The summed E-state index contributed by atoms with van der Waals surface area (Å²) in [6.45, 7) is 5.19. The van der Waals surface area contributed by atoms with E-state index in [1.807, 2.05) is 31.7 Å². The second kappa shape index (κ2) is 6.52. The fourth-order valence-electron chi connectivity index (χ4n) is 2.08. The van der Waals surface area contributed by atoms with E-state index in [0.717, 1.165) is 17.9 Å². The SMILES string of the molecule is CCNC(C)c1cc(F)ccc1OCc1nccn1C. The molecule has 1 aromatic heterocycles. The molecule has 108 valence electrons. The molecule has 0 bridgehead atoms. The maximum Gasteiger partial charge on any atom is 0.146 e. The normalized spacial score (nSPS) is 12.4. The van der Waals surface area contributed by atoms with Crippen LogP contribution in [0.2, 0.25) is 0 Å². The third-order valence-electron chi connectivity index (χ3n) is 3.23. The molecule has 1 unspecified atom stereocenters. The van der Waals surface area contributed by atoms with Gasteiger partial charge in [-0.05, 0) is 31.7 Å². The summed E-state index contributed by atoms with van der Waals surface area (Å²) in [4.78, 5) is 4.21. The van der Waals surface area contributed by atoms with Gasteiger partial charge in [0.25, 0.3) is 0 Å². The van der Waals surface area contributed by atoms with Gasteiger partial charge in [0, 0.05) is 31.0 Å². The first kappa shape index (κ1) is 14.5. The summed E-state index contributed by atoms with van der Waals surface area (Å²) in [5, 5.41) is 3.27. The minimum absolute atomic E-state index is 0.0343. The van der Waals surface area contributed by atoms with E-state index in [1.54, 1.807) is 12.3 Å². The Morgan fingerprint density at radius 1 is 1.45 bits per heavy atom. The zero-order valence-corrected chi connectivity index (χ0v) is 12.1. The number of rotatable bonds is 6. The lowest BCUT2D eigenvalue weighted by Crippen LogP contribution is -2.19. The van der Waals surface area contributed by atoms with Crippen LogP contribution in [0, 0.1) is 5.82 Å². The molecule has 5 heteroatoms. The zero-order chi connectivity index (χ0) is 14.5. The van der Waals surface area contributed by atoms with E-state index in [1.165, 1.54) is 12.1 Å². The van der Waals surface area contributed by atoms with Crippen LogP contribution in [-0.4, -0.2) is 16.1 Å². The van der Waals surface area contributed by atoms with Crippen LogP contribution in [0.15, 0.2) is 30.6 Å². The van der Waals surface area contributed by atoms with Crippen LogP contribution < -0.4 is 10.1 Å². The average molecular weight is 277 g/mol. The molecule has 1 aromatic carbocycles. The lowest BCUT2D eigenvalue weighted by atomic mass is 10.1. The van der Waals surface area contributed by atoms with Gasteiger partial charge in [-0.15, -0.1) is 0 Å². The van der Waals surface area contributed by atoms with Crippen molar-refractivity contribution < 1.29 is 9.13 Å². The first-order valence-corrected chi connectivity index (χ1v) is 6.73. The number of nitrogens with zero attached hydrogens (tertiary/aromatic N) is 2. The first-order chi connectivity index (χ1) is 9.61. The molecule has 20 heavy (non-hydrogen) atoms. The Bertz CT molecular complexity index is 568. The molecule has 0 fully saturated rings. The zero-order valence-electron chi connectivity index (χ0n) is 12.1. The predicted molar refractivity (Wildman–Crippen MR) is 76.0 cm³/mol. The van der Waals surface area contributed by atoms with Gasteiger partial charge in [0.15, 0.2) is 0 Å². The van der Waals surface area contributed by atoms with E-state index in [2.05, 4.69) is 10.3 Å². The quantitative estimate of drug-likeness (QED) is 0.882. The highest BCUT2D eigenvalue weighted by Gasteiger charge is 2.13. The van der Waals surface area contributed by atoms with E-state index in [9.17, 15) is 4.39 Å². The van der Waals surface area contributed by atoms with Gasteiger partial charge in [-0.3, -0.25) is 0 Å². The summed E-state index contributed by atoms with van der Waals surface area (Å²) in [5.41, 5.74) is 0.820. The number of aryl methyl sites for hydroxylation is 1. The number of aromatic nitrogens is 2. The molecule has 4 nitrogen and oxygen atoms in total. The molecule has 1 heterocycles. The van der Waals surface area contributed by atoms with E-state index in [0.29, 0.717) is 12.4 Å². The fraction of sp³-hybridized carbons (Fsp3) is 0.400. The Morgan fingerprint density at radius 2 is 2.25 bits per heavy atom. The van der Waals surface area contributed by atoms with Gasteiger partial charge in [-0.2, -0.15) is 0 Å². The molecule has 2 rings (SSSR count). The Balaban J connectivity index is 2.16. The maximum atomic E-state index is 13.4. The summed E-state index contributed by atoms with van der Waals surface area (Å²) in [7, 11) is 1.92. The second-order valence-electron chi connectivity index (χ2n) is 4.70. The highest BCUT2D eigenvalue weighted by molar-refractivity contribution is 5.36. The number of hydrogen-bond acceptors (Lipinski definition) is 3. The minimum Gasteiger partial charge on any atom is -0.485 e. The Kier molecular flexibility index (Phi) is 4.74. The van der Waals surface area contributed by atoms with Crippen LogP contribution in [-0.2, 0) is 13.7 Å². The van der Waals surface area contributed by atoms with Gasteiger partial charge in [-0.25, -0.2) is 9.37 Å². The van der Waals surface area contributed by atoms with Crippen molar-refractivity contribution in [1.29, 1.82) is 0 Å². The number of imidazole rings is 1. The average Bonchev–Trinajstić information content (AvgIpc) is 2.83. The largest absolute Gasteiger partial charge is 0.485 e. The summed E-state index contributed by atoms with van der Waals surface area (Å²) in [6.07, 6.45) is 3.59. The Hall–Kier alpha value is -1.88. The number of nitrogens with one attached hydrogen (secondary N) is 1. The van der Waals surface area contributed by atoms with Gasteiger partial charge in [0.1, 0.15) is 24.0 Å². The molecule has 0 spiro atoms. The predicted octanol–water partition coefficient (Wildman–Crippen LogP) is 2.81. The van der Waals surface area contributed by atoms with Crippen LogP contribution in [0.25, 0.3) is 0 Å². The molecule has 0 saturated carbocycles. The van der Waals surface area contributed by atoms with E-state index in [-0.39, 0.29) is 11.9 Å². The standard InChI is InChI=1S/C15H20FN3O/c1-4-17-11(2)13-9-12(16)5-6-14(13)20-10-15-18-7-8-19(15)3/h5-9,11,17H,4,10H2,1-3H3. The lowest BCUT2D eigenvalue weighted by molar-refractivity contribution is 0.285. The van der Waals surface area contributed by atoms with Crippen molar-refractivity contribution in [3.8, 4) is 5.75 Å². The summed E-state index contributed by atoms with van der Waals surface area (Å²) >= 11 is 0. The second-order valence-corrected chi connectivity index (χ2v) is 4.70. The van der Waals surface area contributed by atoms with Crippen LogP contribution >= 0.6 is 0 Å². The van der Waals surface area contributed by atoms with Crippen molar-refractivity contribution in [2.45, 2.75) is 26.5 Å². The number of ether oxygens (including phenoxy) is 1. The molecule has 1 atom stereocenters. The molecule has 0 saturated heterocycles. The summed E-state index contributed by atoms with van der Waals surface area (Å²) < 4.78 is 21.1. The molecule has 2 aromatic rings. The molecule has 0 aliphatic carbocycles. The molecular weight excluding hydrogens is 257 g/mol. The maximum absolute atomic E-state index is 13.4. The van der Waals surface area contributed by atoms with Crippen molar-refractivity contribution >= 4 is 0 Å². The smallest absolute Gasteiger partial charge is 0.146 e. The topological polar surface area (TPSA) is 39.1 Å². The molecule has 1 N–H and O–H groups in total. The molecule has 0 aliphatic rings. The van der Waals surface area contributed by atoms with Crippen molar-refractivity contribution in [2.75, 3.05) is 6.54 Å².